The second kappa shape index (κ2) is 7.23. The third-order valence-corrected chi connectivity index (χ3v) is 4.62. The van der Waals surface area contributed by atoms with Gasteiger partial charge in [-0.2, -0.15) is 0 Å². The van der Waals surface area contributed by atoms with E-state index < -0.39 is 5.97 Å². The van der Waals surface area contributed by atoms with Gasteiger partial charge in [-0.15, -0.1) is 0 Å². The molecule has 0 aromatic heterocycles. The number of carboxylic acid groups (broad SMARTS) is 1. The van der Waals surface area contributed by atoms with Gasteiger partial charge in [0.25, 0.3) is 0 Å². The number of carbonyl (C=O) groups is 1. The molecule has 2 rings (SSSR count). The number of hydrogen-bond acceptors (Lipinski definition) is 2. The molecule has 0 amide bonds. The van der Waals surface area contributed by atoms with Gasteiger partial charge in [0.05, 0.1) is 0 Å². The molecule has 0 aliphatic carbocycles. The predicted molar refractivity (Wildman–Crippen MR) is 83.9 cm³/mol. The highest BCUT2D eigenvalue weighted by Gasteiger charge is 2.30. The lowest BCUT2D eigenvalue weighted by Gasteiger charge is -2.32. The van der Waals surface area contributed by atoms with Crippen molar-refractivity contribution in [3.63, 3.8) is 0 Å². The van der Waals surface area contributed by atoms with Crippen LogP contribution >= 0.6 is 15.9 Å². The minimum Gasteiger partial charge on any atom is -0.480 e. The molecule has 110 valence electrons. The Labute approximate surface area is 129 Å². The van der Waals surface area contributed by atoms with Crippen LogP contribution in [-0.2, 0) is 11.2 Å². The van der Waals surface area contributed by atoms with Crippen molar-refractivity contribution in [3.05, 3.63) is 34.3 Å². The Morgan fingerprint density at radius 2 is 2.05 bits per heavy atom. The first-order valence-corrected chi connectivity index (χ1v) is 8.10. The van der Waals surface area contributed by atoms with E-state index in [-0.39, 0.29) is 12.1 Å². The van der Waals surface area contributed by atoms with Crippen molar-refractivity contribution < 1.29 is 9.90 Å². The molecule has 0 saturated carbocycles. The SMILES string of the molecule is CC(Cc1ccc(Br)cc1)N1CCCCCC1C(=O)O. The van der Waals surface area contributed by atoms with E-state index in [4.69, 9.17) is 0 Å². The maximum Gasteiger partial charge on any atom is 0.320 e. The van der Waals surface area contributed by atoms with E-state index in [2.05, 4.69) is 39.9 Å². The van der Waals surface area contributed by atoms with Gasteiger partial charge in [-0.1, -0.05) is 40.9 Å². The second-order valence-corrected chi connectivity index (χ2v) is 6.54. The van der Waals surface area contributed by atoms with Crippen molar-refractivity contribution in [1.29, 1.82) is 0 Å². The lowest BCUT2D eigenvalue weighted by Crippen LogP contribution is -2.46. The van der Waals surface area contributed by atoms with Gasteiger partial charge < -0.3 is 5.11 Å². The van der Waals surface area contributed by atoms with E-state index in [1.54, 1.807) is 0 Å². The van der Waals surface area contributed by atoms with Gasteiger partial charge in [-0.25, -0.2) is 0 Å². The minimum atomic E-state index is -0.672. The number of carboxylic acids is 1. The maximum atomic E-state index is 11.5. The summed E-state index contributed by atoms with van der Waals surface area (Å²) in [6.45, 7) is 3.04. The molecule has 1 saturated heterocycles. The Hall–Kier alpha value is -0.870. The summed E-state index contributed by atoms with van der Waals surface area (Å²) in [5, 5.41) is 9.44. The summed E-state index contributed by atoms with van der Waals surface area (Å²) >= 11 is 3.44. The number of benzene rings is 1. The van der Waals surface area contributed by atoms with Crippen LogP contribution in [0.25, 0.3) is 0 Å². The zero-order valence-electron chi connectivity index (χ0n) is 11.9. The minimum absolute atomic E-state index is 0.260. The molecular weight excluding hydrogens is 318 g/mol. The lowest BCUT2D eigenvalue weighted by molar-refractivity contribution is -0.144. The van der Waals surface area contributed by atoms with E-state index in [1.165, 1.54) is 5.56 Å². The summed E-state index contributed by atoms with van der Waals surface area (Å²) in [5.41, 5.74) is 1.26. The quantitative estimate of drug-likeness (QED) is 0.908. The number of aliphatic carboxylic acids is 1. The van der Waals surface area contributed by atoms with Crippen LogP contribution in [0.15, 0.2) is 28.7 Å². The second-order valence-electron chi connectivity index (χ2n) is 5.62. The van der Waals surface area contributed by atoms with Gasteiger partial charge >= 0.3 is 5.97 Å². The normalized spacial score (nSPS) is 22.2. The molecule has 2 unspecified atom stereocenters. The molecule has 1 N–H and O–H groups in total. The van der Waals surface area contributed by atoms with Gasteiger partial charge in [0, 0.05) is 10.5 Å². The predicted octanol–water partition coefficient (Wildman–Crippen LogP) is 3.71. The topological polar surface area (TPSA) is 40.5 Å². The highest BCUT2D eigenvalue weighted by atomic mass is 79.9. The summed E-state index contributed by atoms with van der Waals surface area (Å²) in [5.74, 6) is -0.672. The molecule has 1 aliphatic heterocycles. The number of halogens is 1. The molecule has 4 heteroatoms. The van der Waals surface area contributed by atoms with Crippen molar-refractivity contribution in [2.75, 3.05) is 6.54 Å². The van der Waals surface area contributed by atoms with Crippen LogP contribution in [0.3, 0.4) is 0 Å². The molecule has 1 aromatic rings. The Morgan fingerprint density at radius 1 is 1.35 bits per heavy atom. The van der Waals surface area contributed by atoms with Crippen molar-refractivity contribution in [3.8, 4) is 0 Å². The van der Waals surface area contributed by atoms with E-state index >= 15 is 0 Å². The Bertz CT molecular complexity index is 446. The fourth-order valence-corrected chi connectivity index (χ4v) is 3.27. The summed E-state index contributed by atoms with van der Waals surface area (Å²) < 4.78 is 1.08. The fourth-order valence-electron chi connectivity index (χ4n) is 3.00. The number of rotatable bonds is 4. The van der Waals surface area contributed by atoms with E-state index in [0.29, 0.717) is 0 Å². The monoisotopic (exact) mass is 339 g/mol. The van der Waals surface area contributed by atoms with Crippen molar-refractivity contribution >= 4 is 21.9 Å². The van der Waals surface area contributed by atoms with Gasteiger partial charge in [0.1, 0.15) is 6.04 Å². The first kappa shape index (κ1) is 15.5. The summed E-state index contributed by atoms with van der Waals surface area (Å²) in [4.78, 5) is 13.6. The lowest BCUT2D eigenvalue weighted by atomic mass is 10.0. The van der Waals surface area contributed by atoms with Gasteiger partial charge in [-0.05, 0) is 50.4 Å². The Kier molecular flexibility index (Phi) is 5.61. The smallest absolute Gasteiger partial charge is 0.320 e. The molecule has 3 nitrogen and oxygen atoms in total. The molecule has 0 radical (unpaired) electrons. The van der Waals surface area contributed by atoms with Crippen LogP contribution < -0.4 is 0 Å². The Morgan fingerprint density at radius 3 is 2.70 bits per heavy atom. The Balaban J connectivity index is 2.06. The van der Waals surface area contributed by atoms with Gasteiger partial charge in [0.2, 0.25) is 0 Å². The van der Waals surface area contributed by atoms with Crippen LogP contribution in [0.5, 0.6) is 0 Å². The van der Waals surface area contributed by atoms with Crippen LogP contribution in [0.4, 0.5) is 0 Å². The molecule has 1 heterocycles. The highest BCUT2D eigenvalue weighted by Crippen LogP contribution is 2.22. The third kappa shape index (κ3) is 4.06. The summed E-state index contributed by atoms with van der Waals surface area (Å²) in [6, 6.07) is 8.24. The summed E-state index contributed by atoms with van der Waals surface area (Å²) in [7, 11) is 0. The molecule has 0 spiro atoms. The van der Waals surface area contributed by atoms with E-state index in [0.717, 1.165) is 43.1 Å². The molecular formula is C16H22BrNO2. The zero-order valence-corrected chi connectivity index (χ0v) is 13.5. The van der Waals surface area contributed by atoms with Crippen LogP contribution in [0.1, 0.15) is 38.2 Å². The number of likely N-dealkylation sites (tertiary alicyclic amines) is 1. The summed E-state index contributed by atoms with van der Waals surface area (Å²) in [6.07, 6.45) is 4.95. The highest BCUT2D eigenvalue weighted by molar-refractivity contribution is 9.10. The molecule has 2 atom stereocenters. The number of nitrogens with zero attached hydrogens (tertiary/aromatic N) is 1. The molecule has 1 fully saturated rings. The van der Waals surface area contributed by atoms with Crippen LogP contribution in [0, 0.1) is 0 Å². The van der Waals surface area contributed by atoms with Crippen molar-refractivity contribution in [2.24, 2.45) is 0 Å². The largest absolute Gasteiger partial charge is 0.480 e. The van der Waals surface area contributed by atoms with Crippen molar-refractivity contribution in [1.82, 2.24) is 4.90 Å². The third-order valence-electron chi connectivity index (χ3n) is 4.09. The number of hydrogen-bond donors (Lipinski definition) is 1. The van der Waals surface area contributed by atoms with E-state index in [1.807, 2.05) is 12.1 Å². The fraction of sp³-hybridized carbons (Fsp3) is 0.562. The molecule has 20 heavy (non-hydrogen) atoms. The average molecular weight is 340 g/mol. The first-order chi connectivity index (χ1) is 9.58. The van der Waals surface area contributed by atoms with Gasteiger partial charge in [0.15, 0.2) is 0 Å². The average Bonchev–Trinajstić information content (AvgIpc) is 2.67. The van der Waals surface area contributed by atoms with E-state index in [9.17, 15) is 9.90 Å². The van der Waals surface area contributed by atoms with Crippen LogP contribution in [-0.4, -0.2) is 34.6 Å². The van der Waals surface area contributed by atoms with Crippen LogP contribution in [0.2, 0.25) is 0 Å². The van der Waals surface area contributed by atoms with Gasteiger partial charge in [-0.3, -0.25) is 9.69 Å². The maximum absolute atomic E-state index is 11.5. The van der Waals surface area contributed by atoms with Crippen molar-refractivity contribution in [2.45, 2.75) is 51.1 Å². The zero-order chi connectivity index (χ0) is 14.5. The first-order valence-electron chi connectivity index (χ1n) is 7.31. The standard InChI is InChI=1S/C16H22BrNO2/c1-12(11-13-6-8-14(17)9-7-13)18-10-4-2-3-5-15(18)16(19)20/h6-9,12,15H,2-5,10-11H2,1H3,(H,19,20). The molecule has 1 aliphatic rings. The molecule has 1 aromatic carbocycles. The molecule has 0 bridgehead atoms.